The number of rotatable bonds is 5. The third-order valence-electron chi connectivity index (χ3n) is 5.89. The van der Waals surface area contributed by atoms with Crippen molar-refractivity contribution in [3.8, 4) is 0 Å². The molecule has 3 fully saturated rings. The largest absolute Gasteiger partial charge is 0.392 e. The first-order chi connectivity index (χ1) is 10.6. The molecule has 2 unspecified atom stereocenters. The Balaban J connectivity index is 1.48. The highest BCUT2D eigenvalue weighted by Gasteiger charge is 2.56. The molecule has 22 heavy (non-hydrogen) atoms. The van der Waals surface area contributed by atoms with Crippen LogP contribution >= 0.6 is 11.8 Å². The second-order valence-corrected chi connectivity index (χ2v) is 8.24. The van der Waals surface area contributed by atoms with Gasteiger partial charge >= 0.3 is 6.03 Å². The monoisotopic (exact) mass is 328 g/mol. The van der Waals surface area contributed by atoms with Gasteiger partial charge in [-0.3, -0.25) is 0 Å². The molecule has 1 saturated heterocycles. The fraction of sp³-hybridized carbons (Fsp3) is 0.938. The summed E-state index contributed by atoms with van der Waals surface area (Å²) in [5.41, 5.74) is -0.107. The van der Waals surface area contributed by atoms with Crippen molar-refractivity contribution in [2.24, 2.45) is 5.41 Å². The number of ether oxygens (including phenoxy) is 1. The highest BCUT2D eigenvalue weighted by molar-refractivity contribution is 8.00. The fourth-order valence-electron chi connectivity index (χ4n) is 3.88. The second-order valence-electron chi connectivity index (χ2n) is 6.96. The molecule has 0 aromatic heterocycles. The second kappa shape index (κ2) is 6.21. The number of aliphatic hydroxyl groups is 1. The smallest absolute Gasteiger partial charge is 0.317 e. The summed E-state index contributed by atoms with van der Waals surface area (Å²) in [6, 6.07) is 0.0527. The zero-order chi connectivity index (χ0) is 15.8. The lowest BCUT2D eigenvalue weighted by Crippen LogP contribution is -2.63. The van der Waals surface area contributed by atoms with E-state index < -0.39 is 0 Å². The van der Waals surface area contributed by atoms with Crippen LogP contribution in [0, 0.1) is 5.41 Å². The van der Waals surface area contributed by atoms with E-state index in [2.05, 4.69) is 11.6 Å². The van der Waals surface area contributed by atoms with Crippen molar-refractivity contribution in [3.63, 3.8) is 0 Å². The number of carbonyl (C=O) groups excluding carboxylic acids is 1. The quantitative estimate of drug-likeness (QED) is 0.808. The summed E-state index contributed by atoms with van der Waals surface area (Å²) in [5.74, 6) is 0. The van der Waals surface area contributed by atoms with E-state index >= 15 is 0 Å². The van der Waals surface area contributed by atoms with Crippen molar-refractivity contribution >= 4 is 17.8 Å². The van der Waals surface area contributed by atoms with E-state index in [4.69, 9.17) is 4.74 Å². The third-order valence-corrected chi connectivity index (χ3v) is 7.31. The zero-order valence-corrected chi connectivity index (χ0v) is 14.5. The molecular weight excluding hydrogens is 300 g/mol. The van der Waals surface area contributed by atoms with Crippen LogP contribution < -0.4 is 5.32 Å². The van der Waals surface area contributed by atoms with E-state index in [1.54, 1.807) is 0 Å². The molecule has 1 spiro atoms. The van der Waals surface area contributed by atoms with Gasteiger partial charge in [-0.1, -0.05) is 0 Å². The number of nitrogens with one attached hydrogen (secondary N) is 1. The Hall–Kier alpha value is -0.460. The molecule has 1 heterocycles. The van der Waals surface area contributed by atoms with Crippen LogP contribution in [-0.4, -0.2) is 65.5 Å². The highest BCUT2D eigenvalue weighted by Crippen LogP contribution is 2.51. The van der Waals surface area contributed by atoms with Gasteiger partial charge in [-0.2, -0.15) is 11.8 Å². The molecule has 1 aliphatic heterocycles. The first kappa shape index (κ1) is 16.4. The van der Waals surface area contributed by atoms with Crippen molar-refractivity contribution in [1.29, 1.82) is 0 Å². The van der Waals surface area contributed by atoms with Crippen LogP contribution in [0.25, 0.3) is 0 Å². The summed E-state index contributed by atoms with van der Waals surface area (Å²) in [7, 11) is 0. The molecule has 2 saturated carbocycles. The number of urea groups is 1. The van der Waals surface area contributed by atoms with Crippen LogP contribution in [0.1, 0.15) is 39.0 Å². The first-order valence-electron chi connectivity index (χ1n) is 8.43. The maximum atomic E-state index is 12.3. The predicted molar refractivity (Wildman–Crippen MR) is 88.2 cm³/mol. The van der Waals surface area contributed by atoms with Crippen molar-refractivity contribution in [2.75, 3.05) is 32.5 Å². The van der Waals surface area contributed by atoms with E-state index in [9.17, 15) is 9.90 Å². The van der Waals surface area contributed by atoms with Gasteiger partial charge in [0, 0.05) is 42.8 Å². The average Bonchev–Trinajstić information content (AvgIpc) is 3.33. The number of hydrogen-bond acceptors (Lipinski definition) is 4. The Morgan fingerprint density at radius 1 is 1.36 bits per heavy atom. The van der Waals surface area contributed by atoms with Crippen molar-refractivity contribution < 1.29 is 14.6 Å². The molecule has 0 bridgehead atoms. The molecule has 0 aromatic rings. The standard InChI is InChI=1S/C16H28N2O3S/c1-3-21-13-10-12(19)16(13)6-8-18(9-7-16)14(20)17-11-15(22-2)4-5-15/h12-13,19H,3-11H2,1-2H3,(H,17,20). The first-order valence-corrected chi connectivity index (χ1v) is 9.65. The third kappa shape index (κ3) is 2.85. The van der Waals surface area contributed by atoms with Gasteiger partial charge in [-0.05, 0) is 38.9 Å². The van der Waals surface area contributed by atoms with Crippen LogP contribution in [0.15, 0.2) is 0 Å². The molecule has 2 atom stereocenters. The highest BCUT2D eigenvalue weighted by atomic mass is 32.2. The summed E-state index contributed by atoms with van der Waals surface area (Å²) in [6.45, 7) is 4.91. The van der Waals surface area contributed by atoms with E-state index in [-0.39, 0.29) is 23.7 Å². The minimum Gasteiger partial charge on any atom is -0.392 e. The van der Waals surface area contributed by atoms with Crippen LogP contribution in [-0.2, 0) is 4.74 Å². The maximum Gasteiger partial charge on any atom is 0.317 e. The van der Waals surface area contributed by atoms with Gasteiger partial charge in [0.2, 0.25) is 0 Å². The van der Waals surface area contributed by atoms with E-state index in [0.29, 0.717) is 11.4 Å². The Labute approximate surface area is 137 Å². The molecule has 2 N–H and O–H groups in total. The molecular formula is C16H28N2O3S. The SMILES string of the molecule is CCOC1CC(O)C12CCN(C(=O)NCC1(SC)CC1)CC2. The fourth-order valence-corrected chi connectivity index (χ4v) is 4.61. The van der Waals surface area contributed by atoms with Gasteiger partial charge in [0.05, 0.1) is 12.2 Å². The van der Waals surface area contributed by atoms with E-state index in [1.807, 2.05) is 23.6 Å². The van der Waals surface area contributed by atoms with Gasteiger partial charge in [-0.25, -0.2) is 4.79 Å². The Bertz CT molecular complexity index is 418. The number of aliphatic hydroxyl groups excluding tert-OH is 1. The van der Waals surface area contributed by atoms with Crippen molar-refractivity contribution in [3.05, 3.63) is 0 Å². The average molecular weight is 328 g/mol. The molecule has 2 amide bonds. The van der Waals surface area contributed by atoms with Gasteiger partial charge < -0.3 is 20.1 Å². The number of hydrogen-bond donors (Lipinski definition) is 2. The topological polar surface area (TPSA) is 61.8 Å². The molecule has 5 nitrogen and oxygen atoms in total. The van der Waals surface area contributed by atoms with Crippen molar-refractivity contribution in [2.45, 2.75) is 56.0 Å². The number of piperidine rings is 1. The summed E-state index contributed by atoms with van der Waals surface area (Å²) in [4.78, 5) is 14.2. The lowest BCUT2D eigenvalue weighted by Gasteiger charge is -2.56. The van der Waals surface area contributed by atoms with Crippen LogP contribution in [0.3, 0.4) is 0 Å². The predicted octanol–water partition coefficient (Wildman–Crippen LogP) is 1.84. The molecule has 6 heteroatoms. The Morgan fingerprint density at radius 2 is 2.05 bits per heavy atom. The lowest BCUT2D eigenvalue weighted by molar-refractivity contribution is -0.207. The van der Waals surface area contributed by atoms with Crippen LogP contribution in [0.5, 0.6) is 0 Å². The summed E-state index contributed by atoms with van der Waals surface area (Å²) >= 11 is 1.86. The minimum atomic E-state index is -0.263. The van der Waals surface area contributed by atoms with Gasteiger partial charge in [0.25, 0.3) is 0 Å². The number of thioether (sulfide) groups is 1. The van der Waals surface area contributed by atoms with E-state index in [0.717, 1.165) is 38.9 Å². The number of likely N-dealkylation sites (tertiary alicyclic amines) is 1. The van der Waals surface area contributed by atoms with Crippen LogP contribution in [0.4, 0.5) is 4.79 Å². The summed E-state index contributed by atoms with van der Waals surface area (Å²) in [6.07, 6.45) is 6.88. The van der Waals surface area contributed by atoms with Crippen molar-refractivity contribution in [1.82, 2.24) is 10.2 Å². The molecule has 0 radical (unpaired) electrons. The zero-order valence-electron chi connectivity index (χ0n) is 13.6. The number of amides is 2. The van der Waals surface area contributed by atoms with Gasteiger partial charge in [-0.15, -0.1) is 0 Å². The van der Waals surface area contributed by atoms with Crippen LogP contribution in [0.2, 0.25) is 0 Å². The minimum absolute atomic E-state index is 0.0527. The van der Waals surface area contributed by atoms with Gasteiger partial charge in [0.1, 0.15) is 0 Å². The molecule has 0 aromatic carbocycles. The van der Waals surface area contributed by atoms with E-state index in [1.165, 1.54) is 12.8 Å². The molecule has 2 aliphatic carbocycles. The molecule has 3 rings (SSSR count). The maximum absolute atomic E-state index is 12.3. The Kier molecular flexibility index (Phi) is 4.63. The number of carbonyl (C=O) groups is 1. The summed E-state index contributed by atoms with van der Waals surface area (Å²) < 4.78 is 6.07. The Morgan fingerprint density at radius 3 is 2.55 bits per heavy atom. The number of nitrogens with zero attached hydrogens (tertiary/aromatic N) is 1. The normalized spacial score (nSPS) is 31.7. The van der Waals surface area contributed by atoms with Gasteiger partial charge in [0.15, 0.2) is 0 Å². The molecule has 3 aliphatic rings. The summed E-state index contributed by atoms with van der Waals surface area (Å²) in [5, 5.41) is 13.3. The molecule has 126 valence electrons. The lowest BCUT2D eigenvalue weighted by atomic mass is 9.58.